The second-order valence-electron chi connectivity index (χ2n) is 7.33. The average molecular weight is 420 g/mol. The summed E-state index contributed by atoms with van der Waals surface area (Å²) < 4.78 is 0. The number of imide groups is 1. The van der Waals surface area contributed by atoms with Gasteiger partial charge in [-0.15, -0.1) is 0 Å². The largest absolute Gasteiger partial charge is 0.273 e. The van der Waals surface area contributed by atoms with Gasteiger partial charge in [0.2, 0.25) is 5.91 Å². The van der Waals surface area contributed by atoms with Gasteiger partial charge in [0.1, 0.15) is 5.92 Å². The van der Waals surface area contributed by atoms with Crippen LogP contribution in [0.2, 0.25) is 5.02 Å². The van der Waals surface area contributed by atoms with Gasteiger partial charge in [0.25, 0.3) is 5.91 Å². The molecule has 2 aliphatic rings. The van der Waals surface area contributed by atoms with E-state index in [4.69, 9.17) is 16.4 Å². The molecule has 6 nitrogen and oxygen atoms in total. The van der Waals surface area contributed by atoms with Crippen molar-refractivity contribution in [1.82, 2.24) is 4.98 Å². The molecule has 1 aromatic heterocycles. The van der Waals surface area contributed by atoms with Crippen LogP contribution in [0.1, 0.15) is 17.2 Å². The molecule has 30 heavy (non-hydrogen) atoms. The van der Waals surface area contributed by atoms with Crippen LogP contribution in [0.4, 0.5) is 11.4 Å². The predicted octanol–water partition coefficient (Wildman–Crippen LogP) is 4.09. The van der Waals surface area contributed by atoms with Crippen LogP contribution in [0.25, 0.3) is 0 Å². The van der Waals surface area contributed by atoms with Crippen LogP contribution in [0.3, 0.4) is 0 Å². The van der Waals surface area contributed by atoms with Crippen molar-refractivity contribution in [3.8, 4) is 0 Å². The maximum Gasteiger partial charge on any atom is 0.266 e. The van der Waals surface area contributed by atoms with E-state index in [9.17, 15) is 9.59 Å². The van der Waals surface area contributed by atoms with Crippen molar-refractivity contribution in [3.05, 3.63) is 89.2 Å². The van der Waals surface area contributed by atoms with E-state index < -0.39 is 18.1 Å². The first-order chi connectivity index (χ1) is 14.6. The number of para-hydroxylation sites is 1. The summed E-state index contributed by atoms with van der Waals surface area (Å²) >= 11 is 6.24. The van der Waals surface area contributed by atoms with Crippen molar-refractivity contribution < 1.29 is 14.4 Å². The van der Waals surface area contributed by atoms with Crippen LogP contribution in [-0.2, 0) is 14.4 Å². The Morgan fingerprint density at radius 1 is 0.933 bits per heavy atom. The van der Waals surface area contributed by atoms with Gasteiger partial charge in [-0.05, 0) is 54.4 Å². The minimum atomic E-state index is -0.908. The molecule has 0 saturated carbocycles. The van der Waals surface area contributed by atoms with Crippen LogP contribution >= 0.6 is 11.6 Å². The molecule has 3 heterocycles. The molecule has 0 unspecified atom stereocenters. The van der Waals surface area contributed by atoms with E-state index in [1.54, 1.807) is 42.6 Å². The number of rotatable bonds is 3. The topological polar surface area (TPSA) is 62.7 Å². The quantitative estimate of drug-likeness (QED) is 0.598. The van der Waals surface area contributed by atoms with E-state index >= 15 is 0 Å². The summed E-state index contributed by atoms with van der Waals surface area (Å²) in [6.45, 7) is 1.80. The Kier molecular flexibility index (Phi) is 4.53. The SMILES string of the molecule is Cc1c(Cl)cccc1N1C(=O)[C@@H]2[C@@H](ON(c3ccccc3)[C@H]2c2ccncc2)C1=O. The van der Waals surface area contributed by atoms with Gasteiger partial charge in [-0.25, -0.2) is 9.96 Å². The monoisotopic (exact) mass is 419 g/mol. The van der Waals surface area contributed by atoms with Crippen LogP contribution in [0.15, 0.2) is 73.1 Å². The summed E-state index contributed by atoms with van der Waals surface area (Å²) in [6.07, 6.45) is 2.44. The van der Waals surface area contributed by atoms with Crippen LogP contribution in [0.5, 0.6) is 0 Å². The lowest BCUT2D eigenvalue weighted by atomic mass is 9.91. The lowest BCUT2D eigenvalue weighted by Crippen LogP contribution is -2.37. The number of halogens is 1. The highest BCUT2D eigenvalue weighted by Gasteiger charge is 2.60. The fourth-order valence-corrected chi connectivity index (χ4v) is 4.36. The lowest BCUT2D eigenvalue weighted by molar-refractivity contribution is -0.126. The van der Waals surface area contributed by atoms with E-state index in [0.29, 0.717) is 16.3 Å². The van der Waals surface area contributed by atoms with E-state index in [1.807, 2.05) is 42.5 Å². The molecule has 2 fully saturated rings. The van der Waals surface area contributed by atoms with Crippen LogP contribution in [0, 0.1) is 12.8 Å². The van der Waals surface area contributed by atoms with Gasteiger partial charge in [0, 0.05) is 17.4 Å². The Morgan fingerprint density at radius 3 is 2.40 bits per heavy atom. The van der Waals surface area contributed by atoms with E-state index in [-0.39, 0.29) is 11.8 Å². The van der Waals surface area contributed by atoms with Gasteiger partial charge < -0.3 is 0 Å². The number of anilines is 2. The molecule has 0 aliphatic carbocycles. The zero-order valence-electron chi connectivity index (χ0n) is 16.1. The second-order valence-corrected chi connectivity index (χ2v) is 7.74. The Labute approximate surface area is 178 Å². The molecule has 3 aromatic rings. The average Bonchev–Trinajstić information content (AvgIpc) is 3.28. The third-order valence-electron chi connectivity index (χ3n) is 5.65. The zero-order valence-corrected chi connectivity index (χ0v) is 16.9. The van der Waals surface area contributed by atoms with Crippen molar-refractivity contribution in [2.75, 3.05) is 9.96 Å². The second kappa shape index (κ2) is 7.23. The summed E-state index contributed by atoms with van der Waals surface area (Å²) in [6, 6.07) is 17.9. The highest BCUT2D eigenvalue weighted by atomic mass is 35.5. The van der Waals surface area contributed by atoms with Crippen molar-refractivity contribution in [3.63, 3.8) is 0 Å². The molecule has 2 amide bonds. The number of pyridine rings is 1. The number of nitrogens with zero attached hydrogens (tertiary/aromatic N) is 3. The Hall–Kier alpha value is -3.22. The number of fused-ring (bicyclic) bond motifs is 1. The number of carbonyl (C=O) groups is 2. The van der Waals surface area contributed by atoms with Gasteiger partial charge in [-0.1, -0.05) is 35.9 Å². The number of aromatic nitrogens is 1. The number of carbonyl (C=O) groups excluding carboxylic acids is 2. The number of amides is 2. The molecule has 5 rings (SSSR count). The molecule has 2 aliphatic heterocycles. The maximum absolute atomic E-state index is 13.6. The first-order valence-electron chi connectivity index (χ1n) is 9.62. The van der Waals surface area contributed by atoms with Gasteiger partial charge in [0.05, 0.1) is 17.4 Å². The molecular formula is C23H18ClN3O3. The number of hydrogen-bond acceptors (Lipinski definition) is 5. The number of hydrogen-bond donors (Lipinski definition) is 0. The molecule has 0 bridgehead atoms. The molecule has 2 saturated heterocycles. The third kappa shape index (κ3) is 2.80. The fraction of sp³-hybridized carbons (Fsp3) is 0.174. The van der Waals surface area contributed by atoms with Gasteiger partial charge in [0.15, 0.2) is 6.10 Å². The molecule has 7 heteroatoms. The standard InChI is InChI=1S/C23H18ClN3O3/c1-14-17(24)8-5-9-18(14)26-22(28)19-20(15-10-12-25-13-11-15)27(30-21(19)23(26)29)16-6-3-2-4-7-16/h2-13,19-21H,1H3/t19-,20-,21+/m0/s1. The smallest absolute Gasteiger partial charge is 0.266 e. The van der Waals surface area contributed by atoms with Crippen LogP contribution in [-0.4, -0.2) is 22.9 Å². The Balaban J connectivity index is 1.60. The Morgan fingerprint density at radius 2 is 1.67 bits per heavy atom. The highest BCUT2D eigenvalue weighted by Crippen LogP contribution is 2.48. The number of benzene rings is 2. The third-order valence-corrected chi connectivity index (χ3v) is 6.06. The van der Waals surface area contributed by atoms with E-state index in [1.165, 1.54) is 4.90 Å². The zero-order chi connectivity index (χ0) is 20.8. The minimum absolute atomic E-state index is 0.296. The summed E-state index contributed by atoms with van der Waals surface area (Å²) in [5, 5.41) is 2.17. The van der Waals surface area contributed by atoms with Gasteiger partial charge in [-0.3, -0.25) is 19.4 Å². The van der Waals surface area contributed by atoms with E-state index in [2.05, 4.69) is 4.98 Å². The highest BCUT2D eigenvalue weighted by molar-refractivity contribution is 6.32. The molecule has 0 N–H and O–H groups in total. The van der Waals surface area contributed by atoms with Crippen molar-refractivity contribution in [2.24, 2.45) is 5.92 Å². The summed E-state index contributed by atoms with van der Waals surface area (Å²) in [4.78, 5) is 38.3. The first kappa shape index (κ1) is 18.8. The first-order valence-corrected chi connectivity index (χ1v) is 9.99. The molecule has 0 spiro atoms. The molecule has 0 radical (unpaired) electrons. The molecule has 3 atom stereocenters. The molecule has 2 aromatic carbocycles. The predicted molar refractivity (Wildman–Crippen MR) is 113 cm³/mol. The maximum atomic E-state index is 13.6. The summed E-state index contributed by atoms with van der Waals surface area (Å²) in [7, 11) is 0. The van der Waals surface area contributed by atoms with Gasteiger partial charge >= 0.3 is 0 Å². The van der Waals surface area contributed by atoms with Crippen LogP contribution < -0.4 is 9.96 Å². The van der Waals surface area contributed by atoms with E-state index in [0.717, 1.165) is 11.3 Å². The lowest BCUT2D eigenvalue weighted by Gasteiger charge is -2.29. The number of hydroxylamine groups is 1. The van der Waals surface area contributed by atoms with Crippen molar-refractivity contribution >= 4 is 34.8 Å². The normalized spacial score (nSPS) is 23.2. The van der Waals surface area contributed by atoms with Crippen molar-refractivity contribution in [2.45, 2.75) is 19.1 Å². The summed E-state index contributed by atoms with van der Waals surface area (Å²) in [5.74, 6) is -1.36. The molecular weight excluding hydrogens is 402 g/mol. The molecule has 150 valence electrons. The Bertz CT molecular complexity index is 1120. The minimum Gasteiger partial charge on any atom is -0.273 e. The fourth-order valence-electron chi connectivity index (χ4n) is 4.19. The van der Waals surface area contributed by atoms with Crippen molar-refractivity contribution in [1.29, 1.82) is 0 Å². The van der Waals surface area contributed by atoms with Gasteiger partial charge in [-0.2, -0.15) is 0 Å². The summed E-state index contributed by atoms with van der Waals surface area (Å²) in [5.41, 5.74) is 2.81.